The molecule has 2 rings (SSSR count). The van der Waals surface area contributed by atoms with Crippen LogP contribution in [0.25, 0.3) is 0 Å². The molecular formula is C16H24ClFN2O2. The van der Waals surface area contributed by atoms with E-state index in [0.717, 1.165) is 25.3 Å². The molecule has 1 amide bonds. The zero-order valence-corrected chi connectivity index (χ0v) is 13.5. The Labute approximate surface area is 137 Å². The average Bonchev–Trinajstić information content (AvgIpc) is 3.29. The molecule has 4 nitrogen and oxygen atoms in total. The van der Waals surface area contributed by atoms with Crippen molar-refractivity contribution in [3.8, 4) is 5.75 Å². The van der Waals surface area contributed by atoms with E-state index < -0.39 is 0 Å². The van der Waals surface area contributed by atoms with Gasteiger partial charge in [0.25, 0.3) is 0 Å². The van der Waals surface area contributed by atoms with E-state index in [9.17, 15) is 9.18 Å². The molecule has 1 aromatic carbocycles. The number of rotatable bonds is 10. The summed E-state index contributed by atoms with van der Waals surface area (Å²) in [5.41, 5.74) is 0. The third-order valence-electron chi connectivity index (χ3n) is 3.39. The van der Waals surface area contributed by atoms with Gasteiger partial charge in [-0.1, -0.05) is 0 Å². The van der Waals surface area contributed by atoms with Gasteiger partial charge in [-0.2, -0.15) is 0 Å². The fourth-order valence-corrected chi connectivity index (χ4v) is 1.95. The van der Waals surface area contributed by atoms with E-state index in [0.29, 0.717) is 25.4 Å². The minimum Gasteiger partial charge on any atom is -0.494 e. The number of unbranched alkanes of at least 4 members (excludes halogenated alkanes) is 1. The maximum Gasteiger partial charge on any atom is 0.233 e. The Hall–Kier alpha value is -1.33. The molecule has 2 N–H and O–H groups in total. The zero-order valence-electron chi connectivity index (χ0n) is 12.6. The van der Waals surface area contributed by atoms with Gasteiger partial charge in [-0.15, -0.1) is 12.4 Å². The predicted molar refractivity (Wildman–Crippen MR) is 87.0 cm³/mol. The maximum absolute atomic E-state index is 12.7. The lowest BCUT2D eigenvalue weighted by Crippen LogP contribution is -2.35. The number of carbonyl (C=O) groups excluding carboxylic acids is 1. The molecule has 0 heterocycles. The van der Waals surface area contributed by atoms with Crippen LogP contribution in [0.15, 0.2) is 24.3 Å². The highest BCUT2D eigenvalue weighted by atomic mass is 35.5. The van der Waals surface area contributed by atoms with Gasteiger partial charge in [0.05, 0.1) is 13.2 Å². The molecule has 22 heavy (non-hydrogen) atoms. The second kappa shape index (κ2) is 10.4. The maximum atomic E-state index is 12.7. The van der Waals surface area contributed by atoms with Crippen LogP contribution < -0.4 is 15.4 Å². The number of benzene rings is 1. The van der Waals surface area contributed by atoms with Crippen LogP contribution in [0, 0.1) is 11.7 Å². The molecule has 6 heteroatoms. The third-order valence-corrected chi connectivity index (χ3v) is 3.39. The fraction of sp³-hybridized carbons (Fsp3) is 0.562. The average molecular weight is 331 g/mol. The van der Waals surface area contributed by atoms with Gasteiger partial charge in [0, 0.05) is 6.54 Å². The van der Waals surface area contributed by atoms with Crippen LogP contribution >= 0.6 is 12.4 Å². The van der Waals surface area contributed by atoms with Crippen molar-refractivity contribution in [2.24, 2.45) is 5.92 Å². The van der Waals surface area contributed by atoms with Crippen molar-refractivity contribution in [2.45, 2.75) is 25.7 Å². The molecule has 0 unspecified atom stereocenters. The number of hydrogen-bond acceptors (Lipinski definition) is 3. The zero-order chi connectivity index (χ0) is 14.9. The largest absolute Gasteiger partial charge is 0.494 e. The quantitative estimate of drug-likeness (QED) is 0.648. The first-order valence-electron chi connectivity index (χ1n) is 7.60. The molecule has 0 aliphatic heterocycles. The van der Waals surface area contributed by atoms with Crippen LogP contribution in [-0.4, -0.2) is 32.1 Å². The third kappa shape index (κ3) is 8.20. The van der Waals surface area contributed by atoms with Crippen LogP contribution in [0.5, 0.6) is 5.75 Å². The normalized spacial score (nSPS) is 13.3. The predicted octanol–water partition coefficient (Wildman–Crippen LogP) is 2.52. The number of amides is 1. The van der Waals surface area contributed by atoms with Crippen LogP contribution in [0.2, 0.25) is 0 Å². The first-order chi connectivity index (χ1) is 10.2. The highest BCUT2D eigenvalue weighted by Crippen LogP contribution is 2.27. The Morgan fingerprint density at radius 2 is 1.95 bits per heavy atom. The summed E-state index contributed by atoms with van der Waals surface area (Å²) in [6.45, 7) is 2.60. The van der Waals surface area contributed by atoms with Crippen LogP contribution in [0.1, 0.15) is 25.7 Å². The summed E-state index contributed by atoms with van der Waals surface area (Å²) in [6.07, 6.45) is 4.31. The summed E-state index contributed by atoms with van der Waals surface area (Å²) >= 11 is 0. The molecule has 0 atom stereocenters. The molecule has 0 spiro atoms. The van der Waals surface area contributed by atoms with E-state index in [1.165, 1.54) is 25.0 Å². The molecule has 0 radical (unpaired) electrons. The molecule has 1 fully saturated rings. The number of hydrogen-bond donors (Lipinski definition) is 2. The van der Waals surface area contributed by atoms with Crippen molar-refractivity contribution >= 4 is 18.3 Å². The van der Waals surface area contributed by atoms with Crippen molar-refractivity contribution in [3.05, 3.63) is 30.1 Å². The first-order valence-corrected chi connectivity index (χ1v) is 7.60. The number of nitrogens with one attached hydrogen (secondary N) is 2. The van der Waals surface area contributed by atoms with Crippen LogP contribution in [0.3, 0.4) is 0 Å². The van der Waals surface area contributed by atoms with Gasteiger partial charge < -0.3 is 15.4 Å². The summed E-state index contributed by atoms with van der Waals surface area (Å²) in [7, 11) is 0. The fourth-order valence-electron chi connectivity index (χ4n) is 1.95. The minimum atomic E-state index is -0.264. The van der Waals surface area contributed by atoms with Gasteiger partial charge in [-0.05, 0) is 62.4 Å². The van der Waals surface area contributed by atoms with E-state index in [2.05, 4.69) is 10.6 Å². The summed E-state index contributed by atoms with van der Waals surface area (Å²) in [6, 6.07) is 5.99. The minimum absolute atomic E-state index is 0. The Morgan fingerprint density at radius 1 is 1.23 bits per heavy atom. The molecule has 0 saturated heterocycles. The molecule has 1 aromatic rings. The number of carbonyl (C=O) groups is 1. The monoisotopic (exact) mass is 330 g/mol. The highest BCUT2D eigenvalue weighted by Gasteiger charge is 2.20. The molecule has 1 aliphatic carbocycles. The van der Waals surface area contributed by atoms with E-state index in [4.69, 9.17) is 4.74 Å². The Bertz CT molecular complexity index is 438. The molecular weight excluding hydrogens is 307 g/mol. The van der Waals surface area contributed by atoms with Gasteiger partial charge in [0.15, 0.2) is 0 Å². The molecule has 124 valence electrons. The van der Waals surface area contributed by atoms with Crippen LogP contribution in [0.4, 0.5) is 4.39 Å². The summed E-state index contributed by atoms with van der Waals surface area (Å²) < 4.78 is 18.2. The van der Waals surface area contributed by atoms with E-state index >= 15 is 0 Å². The van der Waals surface area contributed by atoms with Crippen molar-refractivity contribution in [1.29, 1.82) is 0 Å². The smallest absolute Gasteiger partial charge is 0.233 e. The topological polar surface area (TPSA) is 50.4 Å². The number of ether oxygens (including phenoxy) is 1. The van der Waals surface area contributed by atoms with Crippen LogP contribution in [-0.2, 0) is 4.79 Å². The van der Waals surface area contributed by atoms with E-state index in [-0.39, 0.29) is 24.1 Å². The first kappa shape index (κ1) is 18.7. The Kier molecular flexibility index (Phi) is 8.85. The van der Waals surface area contributed by atoms with Gasteiger partial charge in [-0.3, -0.25) is 4.79 Å². The summed E-state index contributed by atoms with van der Waals surface area (Å²) in [5, 5.41) is 6.03. The standard InChI is InChI=1S/C16H23FN2O2.ClH/c17-14-5-7-15(8-6-14)21-10-2-1-9-19-16(20)12-18-11-13-3-4-13;/h5-8,13,18H,1-4,9-12H2,(H,19,20);1H. The second-order valence-electron chi connectivity index (χ2n) is 5.43. The lowest BCUT2D eigenvalue weighted by Gasteiger charge is -2.07. The second-order valence-corrected chi connectivity index (χ2v) is 5.43. The van der Waals surface area contributed by atoms with Crippen molar-refractivity contribution in [2.75, 3.05) is 26.2 Å². The summed E-state index contributed by atoms with van der Waals surface area (Å²) in [5.74, 6) is 1.25. The summed E-state index contributed by atoms with van der Waals surface area (Å²) in [4.78, 5) is 11.5. The molecule has 1 saturated carbocycles. The van der Waals surface area contributed by atoms with Crippen molar-refractivity contribution in [3.63, 3.8) is 0 Å². The lowest BCUT2D eigenvalue weighted by atomic mass is 10.3. The van der Waals surface area contributed by atoms with Gasteiger partial charge in [-0.25, -0.2) is 4.39 Å². The van der Waals surface area contributed by atoms with Gasteiger partial charge >= 0.3 is 0 Å². The van der Waals surface area contributed by atoms with E-state index in [1.807, 2.05) is 0 Å². The Morgan fingerprint density at radius 3 is 2.64 bits per heavy atom. The van der Waals surface area contributed by atoms with Crippen molar-refractivity contribution in [1.82, 2.24) is 10.6 Å². The highest BCUT2D eigenvalue weighted by molar-refractivity contribution is 5.85. The van der Waals surface area contributed by atoms with Gasteiger partial charge in [0.2, 0.25) is 5.91 Å². The molecule has 0 bridgehead atoms. The van der Waals surface area contributed by atoms with E-state index in [1.54, 1.807) is 12.1 Å². The number of halogens is 2. The van der Waals surface area contributed by atoms with Gasteiger partial charge in [0.1, 0.15) is 11.6 Å². The molecule has 1 aliphatic rings. The Balaban J connectivity index is 0.00000242. The van der Waals surface area contributed by atoms with Crippen molar-refractivity contribution < 1.29 is 13.9 Å². The molecule has 0 aromatic heterocycles. The SMILES string of the molecule is Cl.O=C(CNCC1CC1)NCCCCOc1ccc(F)cc1. The lowest BCUT2D eigenvalue weighted by molar-refractivity contribution is -0.120.